The van der Waals surface area contributed by atoms with Gasteiger partial charge >= 0.3 is 5.97 Å². The van der Waals surface area contributed by atoms with E-state index in [9.17, 15) is 19.8 Å². The minimum absolute atomic E-state index is 0.105. The fourth-order valence-electron chi connectivity index (χ4n) is 2.87. The Morgan fingerprint density at radius 1 is 1.20 bits per heavy atom. The first-order chi connectivity index (χ1) is 14.1. The topological polar surface area (TPSA) is 127 Å². The second-order valence-electron chi connectivity index (χ2n) is 7.58. The summed E-state index contributed by atoms with van der Waals surface area (Å²) in [6, 6.07) is 4.23. The SMILES string of the molecule is Cc1ncc(-n2c(CO)c(-c3ncccc3O)cc(C(=O)OC(C)(C)C)c2=O)cn1. The number of ether oxygens (including phenoxy) is 1. The van der Waals surface area contributed by atoms with Crippen LogP contribution >= 0.6 is 0 Å². The number of aliphatic hydroxyl groups is 1. The maximum Gasteiger partial charge on any atom is 0.344 e. The molecule has 0 saturated carbocycles. The van der Waals surface area contributed by atoms with Gasteiger partial charge in [-0.3, -0.25) is 14.3 Å². The van der Waals surface area contributed by atoms with E-state index in [4.69, 9.17) is 4.74 Å². The summed E-state index contributed by atoms with van der Waals surface area (Å²) in [5.74, 6) is -0.522. The zero-order valence-electron chi connectivity index (χ0n) is 17.1. The summed E-state index contributed by atoms with van der Waals surface area (Å²) in [4.78, 5) is 38.4. The number of esters is 1. The molecule has 0 aliphatic rings. The van der Waals surface area contributed by atoms with E-state index in [-0.39, 0.29) is 34.0 Å². The summed E-state index contributed by atoms with van der Waals surface area (Å²) >= 11 is 0. The molecule has 0 aliphatic carbocycles. The van der Waals surface area contributed by atoms with Gasteiger partial charge in [0.15, 0.2) is 0 Å². The van der Waals surface area contributed by atoms with Crippen LogP contribution in [0.15, 0.2) is 41.6 Å². The van der Waals surface area contributed by atoms with Gasteiger partial charge in [0.05, 0.1) is 30.4 Å². The maximum atomic E-state index is 13.2. The van der Waals surface area contributed by atoms with Crippen molar-refractivity contribution < 1.29 is 19.7 Å². The number of aliphatic hydroxyl groups excluding tert-OH is 1. The molecule has 0 aliphatic heterocycles. The molecule has 3 aromatic heterocycles. The van der Waals surface area contributed by atoms with Crippen LogP contribution in [0.3, 0.4) is 0 Å². The molecule has 3 aromatic rings. The van der Waals surface area contributed by atoms with E-state index in [1.165, 1.54) is 36.8 Å². The third-order valence-corrected chi connectivity index (χ3v) is 4.14. The monoisotopic (exact) mass is 410 g/mol. The molecule has 3 heterocycles. The van der Waals surface area contributed by atoms with Crippen LogP contribution in [-0.4, -0.2) is 41.3 Å². The van der Waals surface area contributed by atoms with E-state index in [0.717, 1.165) is 4.57 Å². The Balaban J connectivity index is 2.37. The molecule has 0 bridgehead atoms. The van der Waals surface area contributed by atoms with Gasteiger partial charge in [0.25, 0.3) is 5.56 Å². The van der Waals surface area contributed by atoms with Crippen molar-refractivity contribution in [1.82, 2.24) is 19.5 Å². The van der Waals surface area contributed by atoms with Crippen LogP contribution in [0.2, 0.25) is 0 Å². The van der Waals surface area contributed by atoms with Gasteiger partial charge in [0.1, 0.15) is 28.4 Å². The molecule has 9 heteroatoms. The Kier molecular flexibility index (Phi) is 5.66. The largest absolute Gasteiger partial charge is 0.506 e. The predicted octanol–water partition coefficient (Wildman–Crippen LogP) is 2.15. The second-order valence-corrected chi connectivity index (χ2v) is 7.58. The van der Waals surface area contributed by atoms with Crippen LogP contribution in [0.5, 0.6) is 5.75 Å². The first-order valence-corrected chi connectivity index (χ1v) is 9.19. The summed E-state index contributed by atoms with van der Waals surface area (Å²) in [6.45, 7) is 6.18. The van der Waals surface area contributed by atoms with Crippen molar-refractivity contribution in [2.24, 2.45) is 0 Å². The minimum atomic E-state index is -0.838. The van der Waals surface area contributed by atoms with Gasteiger partial charge in [-0.05, 0) is 45.9 Å². The molecule has 0 fully saturated rings. The van der Waals surface area contributed by atoms with E-state index in [0.29, 0.717) is 5.82 Å². The lowest BCUT2D eigenvalue weighted by molar-refractivity contribution is 0.00670. The van der Waals surface area contributed by atoms with Crippen LogP contribution in [0.4, 0.5) is 0 Å². The summed E-state index contributed by atoms with van der Waals surface area (Å²) in [5, 5.41) is 20.4. The Morgan fingerprint density at radius 2 is 1.87 bits per heavy atom. The lowest BCUT2D eigenvalue weighted by Gasteiger charge is -2.21. The second kappa shape index (κ2) is 8.03. The van der Waals surface area contributed by atoms with Gasteiger partial charge in [-0.2, -0.15) is 0 Å². The molecule has 0 atom stereocenters. The van der Waals surface area contributed by atoms with Crippen LogP contribution in [0, 0.1) is 6.92 Å². The third kappa shape index (κ3) is 4.20. The van der Waals surface area contributed by atoms with E-state index in [2.05, 4.69) is 15.0 Å². The standard InChI is InChI=1S/C21H22N4O5/c1-12-23-9-13(10-24-12)25-16(11-26)14(18-17(27)6-5-7-22-18)8-15(19(25)28)20(29)30-21(2,3)4/h5-10,26-27H,11H2,1-4H3. The zero-order chi connectivity index (χ0) is 22.1. The molecule has 0 unspecified atom stereocenters. The Hall–Kier alpha value is -3.59. The normalized spacial score (nSPS) is 11.4. The predicted molar refractivity (Wildman–Crippen MR) is 108 cm³/mol. The molecule has 0 radical (unpaired) electrons. The van der Waals surface area contributed by atoms with Crippen molar-refractivity contribution in [2.45, 2.75) is 39.9 Å². The van der Waals surface area contributed by atoms with Gasteiger partial charge < -0.3 is 14.9 Å². The Morgan fingerprint density at radius 3 is 2.43 bits per heavy atom. The van der Waals surface area contributed by atoms with E-state index < -0.39 is 23.7 Å². The quantitative estimate of drug-likeness (QED) is 0.626. The molecule has 0 spiro atoms. The summed E-state index contributed by atoms with van der Waals surface area (Å²) in [5.41, 5.74) is -1.14. The molecule has 30 heavy (non-hydrogen) atoms. The number of carbonyl (C=O) groups is 1. The van der Waals surface area contributed by atoms with Crippen molar-refractivity contribution in [2.75, 3.05) is 0 Å². The third-order valence-electron chi connectivity index (χ3n) is 4.14. The molecule has 2 N–H and O–H groups in total. The Labute approximate surface area is 172 Å². The van der Waals surface area contributed by atoms with Crippen molar-refractivity contribution in [3.8, 4) is 22.7 Å². The lowest BCUT2D eigenvalue weighted by atomic mass is 10.0. The van der Waals surface area contributed by atoms with Crippen LogP contribution in [0.1, 0.15) is 42.6 Å². The number of nitrogens with zero attached hydrogens (tertiary/aromatic N) is 4. The Bertz CT molecular complexity index is 1150. The van der Waals surface area contributed by atoms with Crippen molar-refractivity contribution in [3.05, 3.63) is 64.2 Å². The molecule has 3 rings (SSSR count). The minimum Gasteiger partial charge on any atom is -0.506 e. The first kappa shape index (κ1) is 21.1. The number of carbonyl (C=O) groups excluding carboxylic acids is 1. The number of hydrogen-bond acceptors (Lipinski definition) is 8. The van der Waals surface area contributed by atoms with E-state index in [1.54, 1.807) is 27.7 Å². The fraction of sp³-hybridized carbons (Fsp3) is 0.286. The number of aryl methyl sites for hydroxylation is 1. The highest BCUT2D eigenvalue weighted by Gasteiger charge is 2.26. The summed E-state index contributed by atoms with van der Waals surface area (Å²) in [7, 11) is 0. The lowest BCUT2D eigenvalue weighted by Crippen LogP contribution is -2.33. The van der Waals surface area contributed by atoms with Gasteiger partial charge in [-0.25, -0.2) is 14.8 Å². The highest BCUT2D eigenvalue weighted by atomic mass is 16.6. The van der Waals surface area contributed by atoms with Crippen LogP contribution in [0.25, 0.3) is 16.9 Å². The molecule has 0 aromatic carbocycles. The highest BCUT2D eigenvalue weighted by molar-refractivity contribution is 5.91. The van der Waals surface area contributed by atoms with E-state index >= 15 is 0 Å². The average Bonchev–Trinajstić information content (AvgIpc) is 2.67. The van der Waals surface area contributed by atoms with Crippen molar-refractivity contribution in [3.63, 3.8) is 0 Å². The molecular weight excluding hydrogens is 388 g/mol. The highest BCUT2D eigenvalue weighted by Crippen LogP contribution is 2.30. The molecular formula is C21H22N4O5. The summed E-state index contributed by atoms with van der Waals surface area (Å²) < 4.78 is 6.51. The first-order valence-electron chi connectivity index (χ1n) is 9.19. The molecule has 156 valence electrons. The number of hydrogen-bond donors (Lipinski definition) is 2. The number of rotatable bonds is 4. The van der Waals surface area contributed by atoms with Crippen molar-refractivity contribution in [1.29, 1.82) is 0 Å². The summed E-state index contributed by atoms with van der Waals surface area (Å²) in [6.07, 6.45) is 4.27. The van der Waals surface area contributed by atoms with Gasteiger partial charge in [0.2, 0.25) is 0 Å². The molecule has 9 nitrogen and oxygen atoms in total. The van der Waals surface area contributed by atoms with Crippen molar-refractivity contribution >= 4 is 5.97 Å². The molecule has 0 amide bonds. The average molecular weight is 410 g/mol. The van der Waals surface area contributed by atoms with Crippen LogP contribution in [-0.2, 0) is 11.3 Å². The van der Waals surface area contributed by atoms with Gasteiger partial charge in [0, 0.05) is 11.8 Å². The van der Waals surface area contributed by atoms with Gasteiger partial charge in [-0.1, -0.05) is 0 Å². The zero-order valence-corrected chi connectivity index (χ0v) is 17.1. The maximum absolute atomic E-state index is 13.2. The van der Waals surface area contributed by atoms with Crippen LogP contribution < -0.4 is 5.56 Å². The smallest absolute Gasteiger partial charge is 0.344 e. The molecule has 0 saturated heterocycles. The number of pyridine rings is 2. The number of aromatic hydroxyl groups is 1. The number of aromatic nitrogens is 4. The fourth-order valence-corrected chi connectivity index (χ4v) is 2.87. The van der Waals surface area contributed by atoms with Gasteiger partial charge in [-0.15, -0.1) is 0 Å². The van der Waals surface area contributed by atoms with E-state index in [1.807, 2.05) is 0 Å².